The minimum absolute atomic E-state index is 0.0904. The molecule has 1 aliphatic rings. The van der Waals surface area contributed by atoms with Crippen LogP contribution in [0.1, 0.15) is 17.6 Å². The van der Waals surface area contributed by atoms with Crippen LogP contribution in [0.15, 0.2) is 5.38 Å². The Morgan fingerprint density at radius 3 is 2.59 bits per heavy atom. The number of aromatic nitrogens is 1. The van der Waals surface area contributed by atoms with E-state index in [0.717, 1.165) is 50.0 Å². The maximum absolute atomic E-state index is 11.7. The van der Waals surface area contributed by atoms with Crippen molar-refractivity contribution in [1.82, 2.24) is 19.7 Å². The number of amides is 1. The molecule has 124 valence electrons. The highest BCUT2D eigenvalue weighted by Crippen LogP contribution is 2.14. The van der Waals surface area contributed by atoms with E-state index in [1.807, 2.05) is 6.92 Å². The molecule has 0 radical (unpaired) electrons. The summed E-state index contributed by atoms with van der Waals surface area (Å²) in [6, 6.07) is 0. The first-order valence-electron chi connectivity index (χ1n) is 7.70. The largest absolute Gasteiger partial charge is 0.392 e. The highest BCUT2D eigenvalue weighted by Gasteiger charge is 2.19. The highest BCUT2D eigenvalue weighted by atomic mass is 32.1. The third-order valence-electron chi connectivity index (χ3n) is 3.77. The van der Waals surface area contributed by atoms with Gasteiger partial charge in [-0.25, -0.2) is 4.98 Å². The lowest BCUT2D eigenvalue weighted by atomic mass is 10.2. The lowest BCUT2D eigenvalue weighted by molar-refractivity contribution is -0.127. The van der Waals surface area contributed by atoms with E-state index in [4.69, 9.17) is 0 Å². The molecule has 2 heterocycles. The van der Waals surface area contributed by atoms with Crippen LogP contribution in [0.2, 0.25) is 0 Å². The fraction of sp³-hybridized carbons (Fsp3) is 0.733. The normalized spacial score (nSPS) is 18.4. The van der Waals surface area contributed by atoms with Crippen LogP contribution < -0.4 is 0 Å². The zero-order valence-corrected chi connectivity index (χ0v) is 14.5. The monoisotopic (exact) mass is 326 g/mol. The number of piperazine rings is 1. The van der Waals surface area contributed by atoms with E-state index in [9.17, 15) is 9.90 Å². The third kappa shape index (κ3) is 5.31. The second-order valence-corrected chi connectivity index (χ2v) is 7.07. The highest BCUT2D eigenvalue weighted by molar-refractivity contribution is 7.09. The van der Waals surface area contributed by atoms with Crippen LogP contribution in [0.3, 0.4) is 0 Å². The Labute approximate surface area is 136 Å². The van der Waals surface area contributed by atoms with E-state index in [0.29, 0.717) is 6.42 Å². The molecule has 1 amide bonds. The Morgan fingerprint density at radius 1 is 1.36 bits per heavy atom. The smallest absolute Gasteiger partial charge is 0.228 e. The number of carbonyl (C=O) groups is 1. The minimum atomic E-state index is -0.262. The van der Waals surface area contributed by atoms with Crippen LogP contribution in [-0.2, 0) is 17.8 Å². The molecule has 22 heavy (non-hydrogen) atoms. The summed E-state index contributed by atoms with van der Waals surface area (Å²) < 4.78 is 0. The number of rotatable bonds is 6. The summed E-state index contributed by atoms with van der Waals surface area (Å²) in [6.45, 7) is 7.39. The lowest BCUT2D eigenvalue weighted by Gasteiger charge is -2.34. The molecule has 2 rings (SSSR count). The van der Waals surface area contributed by atoms with Gasteiger partial charge in [0.2, 0.25) is 5.91 Å². The quantitative estimate of drug-likeness (QED) is 0.813. The molecular weight excluding hydrogens is 300 g/mol. The van der Waals surface area contributed by atoms with Crippen molar-refractivity contribution in [2.45, 2.75) is 26.0 Å². The maximum Gasteiger partial charge on any atom is 0.228 e. The topological polar surface area (TPSA) is 59.9 Å². The number of likely N-dealkylation sites (N-methyl/N-ethyl adjacent to an activating group) is 1. The molecule has 0 saturated carbocycles. The summed E-state index contributed by atoms with van der Waals surface area (Å²) in [4.78, 5) is 22.5. The van der Waals surface area contributed by atoms with Gasteiger partial charge in [0.05, 0.1) is 18.2 Å². The van der Waals surface area contributed by atoms with Crippen LogP contribution in [0.5, 0.6) is 0 Å². The van der Waals surface area contributed by atoms with Crippen LogP contribution in [0.25, 0.3) is 0 Å². The zero-order chi connectivity index (χ0) is 16.1. The van der Waals surface area contributed by atoms with Crippen LogP contribution in [-0.4, -0.2) is 83.6 Å². The van der Waals surface area contributed by atoms with Gasteiger partial charge in [-0.2, -0.15) is 0 Å². The summed E-state index contributed by atoms with van der Waals surface area (Å²) in [5, 5.41) is 12.4. The van der Waals surface area contributed by atoms with Crippen molar-refractivity contribution in [3.8, 4) is 0 Å². The molecule has 0 spiro atoms. The lowest BCUT2D eigenvalue weighted by Crippen LogP contribution is -2.47. The first-order valence-corrected chi connectivity index (χ1v) is 8.58. The molecule has 0 bridgehead atoms. The molecule has 7 heteroatoms. The Kier molecular flexibility index (Phi) is 6.31. The number of hydrogen-bond acceptors (Lipinski definition) is 6. The van der Waals surface area contributed by atoms with E-state index in [1.54, 1.807) is 30.3 Å². The van der Waals surface area contributed by atoms with Gasteiger partial charge in [-0.3, -0.25) is 14.6 Å². The molecule has 1 saturated heterocycles. The Morgan fingerprint density at radius 2 is 2.00 bits per heavy atom. The zero-order valence-electron chi connectivity index (χ0n) is 13.7. The van der Waals surface area contributed by atoms with E-state index in [-0.39, 0.29) is 12.0 Å². The van der Waals surface area contributed by atoms with Gasteiger partial charge in [-0.05, 0) is 6.92 Å². The number of aliphatic hydroxyl groups excluding tert-OH is 1. The summed E-state index contributed by atoms with van der Waals surface area (Å²) in [6.07, 6.45) is 0.127. The summed E-state index contributed by atoms with van der Waals surface area (Å²) in [7, 11) is 3.53. The standard InChI is InChI=1S/C15H26N4O2S/c1-12(20)9-18-4-6-19(7-5-18)10-13-11-22-14(16-13)8-15(21)17(2)3/h11-12,20H,4-10H2,1-3H3. The number of hydrogen-bond donors (Lipinski definition) is 1. The first-order chi connectivity index (χ1) is 10.4. The van der Waals surface area contributed by atoms with Crippen molar-refractivity contribution < 1.29 is 9.90 Å². The second kappa shape index (κ2) is 8.01. The molecule has 1 aromatic rings. The number of carbonyl (C=O) groups excluding carboxylic acids is 1. The van der Waals surface area contributed by atoms with Gasteiger partial charge < -0.3 is 10.0 Å². The van der Waals surface area contributed by atoms with Crippen molar-refractivity contribution in [2.24, 2.45) is 0 Å². The van der Waals surface area contributed by atoms with Crippen molar-refractivity contribution >= 4 is 17.2 Å². The van der Waals surface area contributed by atoms with Gasteiger partial charge in [0.25, 0.3) is 0 Å². The first kappa shape index (κ1) is 17.3. The van der Waals surface area contributed by atoms with E-state index < -0.39 is 0 Å². The van der Waals surface area contributed by atoms with Gasteiger partial charge >= 0.3 is 0 Å². The van der Waals surface area contributed by atoms with Crippen LogP contribution in [0.4, 0.5) is 0 Å². The van der Waals surface area contributed by atoms with Gasteiger partial charge in [0.15, 0.2) is 0 Å². The molecule has 1 fully saturated rings. The van der Waals surface area contributed by atoms with Gasteiger partial charge in [-0.15, -0.1) is 11.3 Å². The predicted octanol–water partition coefficient (Wildman–Crippen LogP) is 0.272. The van der Waals surface area contributed by atoms with Gasteiger partial charge in [-0.1, -0.05) is 0 Å². The fourth-order valence-corrected chi connectivity index (χ4v) is 3.30. The van der Waals surface area contributed by atoms with Crippen LogP contribution >= 0.6 is 11.3 Å². The molecule has 6 nitrogen and oxygen atoms in total. The minimum Gasteiger partial charge on any atom is -0.392 e. The molecule has 1 aromatic heterocycles. The van der Waals surface area contributed by atoms with Crippen molar-refractivity contribution in [1.29, 1.82) is 0 Å². The number of thiazole rings is 1. The molecular formula is C15H26N4O2S. The van der Waals surface area contributed by atoms with E-state index >= 15 is 0 Å². The maximum atomic E-state index is 11.7. The Balaban J connectivity index is 1.78. The number of β-amino-alcohol motifs (C(OH)–C–C–N with tert-alkyl or cyclic N) is 1. The van der Waals surface area contributed by atoms with E-state index in [1.165, 1.54) is 0 Å². The van der Waals surface area contributed by atoms with Gasteiger partial charge in [0, 0.05) is 58.7 Å². The number of nitrogens with zero attached hydrogens (tertiary/aromatic N) is 4. The molecule has 0 aromatic carbocycles. The summed E-state index contributed by atoms with van der Waals surface area (Å²) >= 11 is 1.56. The van der Waals surface area contributed by atoms with Crippen molar-refractivity contribution in [2.75, 3.05) is 46.8 Å². The molecule has 1 N–H and O–H groups in total. The SMILES string of the molecule is CC(O)CN1CCN(Cc2csc(CC(=O)N(C)C)n2)CC1. The predicted molar refractivity (Wildman–Crippen MR) is 87.9 cm³/mol. The van der Waals surface area contributed by atoms with E-state index in [2.05, 4.69) is 20.2 Å². The average Bonchev–Trinajstić information content (AvgIpc) is 2.87. The molecule has 1 aliphatic heterocycles. The second-order valence-electron chi connectivity index (χ2n) is 6.12. The number of aliphatic hydroxyl groups is 1. The van der Waals surface area contributed by atoms with Crippen molar-refractivity contribution in [3.05, 3.63) is 16.1 Å². The van der Waals surface area contributed by atoms with Gasteiger partial charge in [0.1, 0.15) is 5.01 Å². The Bertz CT molecular complexity index is 482. The third-order valence-corrected chi connectivity index (χ3v) is 4.67. The fourth-order valence-electron chi connectivity index (χ4n) is 2.52. The molecule has 1 atom stereocenters. The average molecular weight is 326 g/mol. The molecule has 1 unspecified atom stereocenters. The molecule has 0 aliphatic carbocycles. The van der Waals surface area contributed by atoms with Crippen molar-refractivity contribution in [3.63, 3.8) is 0 Å². The van der Waals surface area contributed by atoms with Crippen LogP contribution in [0, 0.1) is 0 Å². The Hall–Kier alpha value is -1.02. The summed E-state index contributed by atoms with van der Waals surface area (Å²) in [5.74, 6) is 0.0904. The summed E-state index contributed by atoms with van der Waals surface area (Å²) in [5.41, 5.74) is 1.05.